The van der Waals surface area contributed by atoms with Gasteiger partial charge < -0.3 is 9.32 Å². The first-order valence-corrected chi connectivity index (χ1v) is 22.6. The Balaban J connectivity index is 1.00. The molecule has 12 rings (SSSR count). The van der Waals surface area contributed by atoms with Crippen molar-refractivity contribution in [3.8, 4) is 66.8 Å². The second-order valence-electron chi connectivity index (χ2n) is 16.8. The number of anilines is 3. The van der Waals surface area contributed by atoms with Crippen molar-refractivity contribution in [2.45, 2.75) is 0 Å². The lowest BCUT2D eigenvalue weighted by molar-refractivity contribution is 0.670. The fourth-order valence-corrected chi connectivity index (χ4v) is 9.65. The molecule has 11 aromatic carbocycles. The summed E-state index contributed by atoms with van der Waals surface area (Å²) in [5.41, 5.74) is 18.9. The predicted molar refractivity (Wildman–Crippen MR) is 279 cm³/mol. The van der Waals surface area contributed by atoms with Gasteiger partial charge in [0.15, 0.2) is 0 Å². The molecule has 0 N–H and O–H groups in total. The van der Waals surface area contributed by atoms with Crippen LogP contribution in [-0.4, -0.2) is 0 Å². The van der Waals surface area contributed by atoms with Crippen molar-refractivity contribution >= 4 is 49.8 Å². The van der Waals surface area contributed by atoms with Crippen molar-refractivity contribution in [3.63, 3.8) is 0 Å². The van der Waals surface area contributed by atoms with Crippen LogP contribution in [0.25, 0.3) is 99.5 Å². The molecule has 0 fully saturated rings. The number of nitrogens with zero attached hydrogens (tertiary/aromatic N) is 1. The third kappa shape index (κ3) is 7.12. The van der Waals surface area contributed by atoms with Crippen molar-refractivity contribution in [1.29, 1.82) is 0 Å². The molecule has 1 aromatic heterocycles. The van der Waals surface area contributed by atoms with E-state index in [0.29, 0.717) is 0 Å². The maximum absolute atomic E-state index is 6.79. The van der Waals surface area contributed by atoms with Crippen molar-refractivity contribution in [2.24, 2.45) is 0 Å². The molecule has 12 aromatic rings. The summed E-state index contributed by atoms with van der Waals surface area (Å²) in [7, 11) is 0. The van der Waals surface area contributed by atoms with Crippen LogP contribution in [0.15, 0.2) is 265 Å². The van der Waals surface area contributed by atoms with Gasteiger partial charge in [-0.15, -0.1) is 0 Å². The zero-order valence-electron chi connectivity index (χ0n) is 36.2. The Morgan fingerprint density at radius 1 is 0.273 bits per heavy atom. The number of fused-ring (bicyclic) bond motifs is 4. The molecule has 2 heteroatoms. The van der Waals surface area contributed by atoms with Gasteiger partial charge >= 0.3 is 0 Å². The van der Waals surface area contributed by atoms with E-state index in [1.807, 2.05) is 6.07 Å². The highest BCUT2D eigenvalue weighted by molar-refractivity contribution is 6.17. The van der Waals surface area contributed by atoms with E-state index in [2.05, 4.69) is 260 Å². The van der Waals surface area contributed by atoms with Gasteiger partial charge in [-0.3, -0.25) is 0 Å². The summed E-state index contributed by atoms with van der Waals surface area (Å²) >= 11 is 0. The quantitative estimate of drug-likeness (QED) is 0.144. The molecular formula is C64H43NO. The molecular weight excluding hydrogens is 799 g/mol. The fourth-order valence-electron chi connectivity index (χ4n) is 9.65. The van der Waals surface area contributed by atoms with Crippen LogP contribution in [0.5, 0.6) is 0 Å². The molecule has 0 atom stereocenters. The lowest BCUT2D eigenvalue weighted by Gasteiger charge is -2.27. The van der Waals surface area contributed by atoms with E-state index in [-0.39, 0.29) is 0 Å². The summed E-state index contributed by atoms with van der Waals surface area (Å²) in [5, 5.41) is 4.63. The van der Waals surface area contributed by atoms with E-state index >= 15 is 0 Å². The first-order chi connectivity index (χ1) is 32.7. The van der Waals surface area contributed by atoms with Crippen LogP contribution < -0.4 is 4.90 Å². The monoisotopic (exact) mass is 841 g/mol. The minimum Gasteiger partial charge on any atom is -0.455 e. The Bertz CT molecular complexity index is 3670. The molecule has 0 bridgehead atoms. The Morgan fingerprint density at radius 3 is 1.45 bits per heavy atom. The maximum Gasteiger partial charge on any atom is 0.145 e. The molecule has 2 nitrogen and oxygen atoms in total. The molecule has 0 unspecified atom stereocenters. The van der Waals surface area contributed by atoms with E-state index in [4.69, 9.17) is 4.42 Å². The Morgan fingerprint density at radius 2 is 0.742 bits per heavy atom. The number of hydrogen-bond donors (Lipinski definition) is 0. The molecule has 0 amide bonds. The first-order valence-electron chi connectivity index (χ1n) is 22.6. The molecule has 1 heterocycles. The van der Waals surface area contributed by atoms with Gasteiger partial charge in [0.2, 0.25) is 0 Å². The van der Waals surface area contributed by atoms with Crippen molar-refractivity contribution < 1.29 is 4.42 Å². The summed E-state index contributed by atoms with van der Waals surface area (Å²) in [5.74, 6) is 0. The first kappa shape index (κ1) is 38.9. The third-order valence-electron chi connectivity index (χ3n) is 12.9. The highest BCUT2D eigenvalue weighted by atomic mass is 16.3. The van der Waals surface area contributed by atoms with Crippen molar-refractivity contribution in [2.75, 3.05) is 4.90 Å². The Labute approximate surface area is 384 Å². The fraction of sp³-hybridized carbons (Fsp3) is 0. The number of furan rings is 1. The van der Waals surface area contributed by atoms with Gasteiger partial charge in [0, 0.05) is 22.3 Å². The average Bonchev–Trinajstić information content (AvgIpc) is 3.80. The topological polar surface area (TPSA) is 16.4 Å². The molecule has 310 valence electrons. The summed E-state index contributed by atoms with van der Waals surface area (Å²) in [6.45, 7) is 0. The SMILES string of the molecule is c1ccc(-c2ccc(-c3ccccc3-c3ccc(N(c4ccc(-c5ccc6ccccc6c5)cc4)c4ccc(-c5ccccc5)c5oc6ccccc6c45)cc3)c(-c3ccccc3)c2)cc1. The Hall–Kier alpha value is -8.72. The van der Waals surface area contributed by atoms with Gasteiger partial charge in [-0.1, -0.05) is 206 Å². The van der Waals surface area contributed by atoms with E-state index in [0.717, 1.165) is 55.7 Å². The van der Waals surface area contributed by atoms with Crippen LogP contribution in [0.3, 0.4) is 0 Å². The van der Waals surface area contributed by atoms with E-state index < -0.39 is 0 Å². The second-order valence-corrected chi connectivity index (χ2v) is 16.8. The zero-order valence-corrected chi connectivity index (χ0v) is 36.2. The van der Waals surface area contributed by atoms with E-state index in [9.17, 15) is 0 Å². The second kappa shape index (κ2) is 16.8. The number of rotatable bonds is 9. The average molecular weight is 842 g/mol. The molecule has 0 aliphatic carbocycles. The van der Waals surface area contributed by atoms with Crippen LogP contribution in [-0.2, 0) is 0 Å². The number of hydrogen-bond acceptors (Lipinski definition) is 2. The lowest BCUT2D eigenvalue weighted by atomic mass is 9.87. The Kier molecular flexibility index (Phi) is 9.89. The van der Waals surface area contributed by atoms with Crippen LogP contribution in [0.2, 0.25) is 0 Å². The minimum atomic E-state index is 0.863. The number of para-hydroxylation sites is 1. The van der Waals surface area contributed by atoms with Gasteiger partial charge in [-0.2, -0.15) is 0 Å². The predicted octanol–water partition coefficient (Wildman–Crippen LogP) is 18.2. The summed E-state index contributed by atoms with van der Waals surface area (Å²) in [6.07, 6.45) is 0. The molecule has 0 saturated carbocycles. The summed E-state index contributed by atoms with van der Waals surface area (Å²) < 4.78 is 6.79. The van der Waals surface area contributed by atoms with E-state index in [1.165, 1.54) is 60.8 Å². The number of benzene rings is 11. The smallest absolute Gasteiger partial charge is 0.145 e. The van der Waals surface area contributed by atoms with Crippen LogP contribution in [0.4, 0.5) is 17.1 Å². The highest BCUT2D eigenvalue weighted by Gasteiger charge is 2.23. The van der Waals surface area contributed by atoms with Gasteiger partial charge in [-0.25, -0.2) is 0 Å². The normalized spacial score (nSPS) is 11.3. The maximum atomic E-state index is 6.79. The standard InChI is InChI=1S/C64H43NO/c1-4-16-44(17-5-1)52-34-39-58(60(43-52)48-21-8-3-9-22-48)57-25-13-12-24-55(57)49-32-37-54(38-33-49)65(53-35-30-46(31-36-53)51-29-28-45-18-10-11-23-50(45)42-51)61-41-40-56(47-19-6-2-7-20-47)64-63(61)59-26-14-15-27-62(59)66-64/h1-43H. The molecule has 0 aliphatic heterocycles. The molecule has 0 saturated heterocycles. The molecule has 66 heavy (non-hydrogen) atoms. The van der Waals surface area contributed by atoms with Gasteiger partial charge in [-0.05, 0) is 127 Å². The van der Waals surface area contributed by atoms with E-state index in [1.54, 1.807) is 0 Å². The summed E-state index contributed by atoms with van der Waals surface area (Å²) in [6, 6.07) is 93.8. The molecule has 0 aliphatic rings. The van der Waals surface area contributed by atoms with Gasteiger partial charge in [0.25, 0.3) is 0 Å². The molecule has 0 spiro atoms. The molecule has 0 radical (unpaired) electrons. The van der Waals surface area contributed by atoms with Crippen molar-refractivity contribution in [1.82, 2.24) is 0 Å². The van der Waals surface area contributed by atoms with Crippen LogP contribution in [0.1, 0.15) is 0 Å². The largest absolute Gasteiger partial charge is 0.455 e. The van der Waals surface area contributed by atoms with Gasteiger partial charge in [0.05, 0.1) is 11.1 Å². The van der Waals surface area contributed by atoms with Crippen molar-refractivity contribution in [3.05, 3.63) is 261 Å². The third-order valence-corrected chi connectivity index (χ3v) is 12.9. The van der Waals surface area contributed by atoms with Crippen LogP contribution >= 0.6 is 0 Å². The summed E-state index contributed by atoms with van der Waals surface area (Å²) in [4.78, 5) is 2.38. The zero-order chi connectivity index (χ0) is 43.8. The minimum absolute atomic E-state index is 0.863. The van der Waals surface area contributed by atoms with Gasteiger partial charge in [0.1, 0.15) is 11.2 Å². The highest BCUT2D eigenvalue weighted by Crippen LogP contribution is 2.47. The lowest BCUT2D eigenvalue weighted by Crippen LogP contribution is -2.10. The van der Waals surface area contributed by atoms with Crippen LogP contribution in [0, 0.1) is 0 Å².